The van der Waals surface area contributed by atoms with Crippen molar-refractivity contribution >= 4 is 5.91 Å². The molecule has 3 fully saturated rings. The topological polar surface area (TPSA) is 307 Å². The van der Waals surface area contributed by atoms with Crippen molar-refractivity contribution in [3.8, 4) is 0 Å². The SMILES string of the molecule is CCC/C=C\CCCCCCCC(=O)NC(COC1OC(CO)C(OC2OC(CO)C(OC3OC(CO)C(O)C(O)C3O)C(O)C2O)C(O)C1O)C(O)/C=C/CC/C=C/CC/C=C/CCCCCCCCC. The van der Waals surface area contributed by atoms with Crippen LogP contribution >= 0.6 is 0 Å². The summed E-state index contributed by atoms with van der Waals surface area (Å²) in [5.74, 6) is -0.306. The van der Waals surface area contributed by atoms with E-state index >= 15 is 0 Å². The lowest BCUT2D eigenvalue weighted by Crippen LogP contribution is -2.66. The van der Waals surface area contributed by atoms with Crippen LogP contribution in [0.5, 0.6) is 0 Å². The van der Waals surface area contributed by atoms with Gasteiger partial charge in [0.15, 0.2) is 18.9 Å². The molecule has 19 nitrogen and oxygen atoms in total. The average molecular weight is 1030 g/mol. The molecule has 3 rings (SSSR count). The predicted octanol–water partition coefficient (Wildman–Crippen LogP) is 2.75. The van der Waals surface area contributed by atoms with Gasteiger partial charge in [-0.3, -0.25) is 4.79 Å². The van der Waals surface area contributed by atoms with Crippen LogP contribution in [-0.2, 0) is 33.2 Å². The summed E-state index contributed by atoms with van der Waals surface area (Å²) in [5.41, 5.74) is 0. The first-order chi connectivity index (χ1) is 34.8. The van der Waals surface area contributed by atoms with E-state index < -0.39 is 124 Å². The normalized spacial score (nSPS) is 32.4. The maximum Gasteiger partial charge on any atom is 0.220 e. The van der Waals surface area contributed by atoms with Gasteiger partial charge in [0.25, 0.3) is 0 Å². The Hall–Kier alpha value is -2.25. The number of hydrogen-bond acceptors (Lipinski definition) is 18. The monoisotopic (exact) mass is 1030 g/mol. The van der Waals surface area contributed by atoms with E-state index in [2.05, 4.69) is 55.6 Å². The van der Waals surface area contributed by atoms with Gasteiger partial charge < -0.3 is 89.9 Å². The largest absolute Gasteiger partial charge is 0.394 e. The summed E-state index contributed by atoms with van der Waals surface area (Å²) in [6.45, 7) is 1.57. The van der Waals surface area contributed by atoms with Crippen LogP contribution in [0.1, 0.15) is 149 Å². The van der Waals surface area contributed by atoms with Crippen LogP contribution in [0.2, 0.25) is 0 Å². The van der Waals surface area contributed by atoms with Crippen molar-refractivity contribution in [2.24, 2.45) is 0 Å². The zero-order valence-electron chi connectivity index (χ0n) is 42.9. The second kappa shape index (κ2) is 37.5. The number of allylic oxidation sites excluding steroid dienone is 7. The number of amides is 1. The first-order valence-corrected chi connectivity index (χ1v) is 26.9. The van der Waals surface area contributed by atoms with E-state index in [0.717, 1.165) is 70.6 Å². The highest BCUT2D eigenvalue weighted by molar-refractivity contribution is 5.76. The Balaban J connectivity index is 1.56. The minimum Gasteiger partial charge on any atom is -0.394 e. The van der Waals surface area contributed by atoms with Crippen molar-refractivity contribution in [2.45, 2.75) is 253 Å². The van der Waals surface area contributed by atoms with Crippen molar-refractivity contribution in [2.75, 3.05) is 26.4 Å². The van der Waals surface area contributed by atoms with E-state index in [1.165, 1.54) is 44.9 Å². The van der Waals surface area contributed by atoms with Gasteiger partial charge in [0.2, 0.25) is 5.91 Å². The number of carbonyl (C=O) groups is 1. The molecular weight excluding hydrogens is 939 g/mol. The fourth-order valence-corrected chi connectivity index (χ4v) is 8.81. The van der Waals surface area contributed by atoms with Crippen LogP contribution in [-0.4, -0.2) is 193 Å². The second-order valence-electron chi connectivity index (χ2n) is 19.3. The minimum atomic E-state index is -1.98. The van der Waals surface area contributed by atoms with Gasteiger partial charge in [0.1, 0.15) is 73.2 Å². The first kappa shape index (κ1) is 64.0. The quantitative estimate of drug-likeness (QED) is 0.0315. The highest BCUT2D eigenvalue weighted by atomic mass is 16.8. The third-order valence-corrected chi connectivity index (χ3v) is 13.3. The van der Waals surface area contributed by atoms with Crippen LogP contribution < -0.4 is 5.32 Å². The summed E-state index contributed by atoms with van der Waals surface area (Å²) in [4.78, 5) is 13.2. The smallest absolute Gasteiger partial charge is 0.220 e. The first-order valence-electron chi connectivity index (χ1n) is 26.9. The molecule has 3 aliphatic heterocycles. The Kier molecular flexibility index (Phi) is 33.3. The van der Waals surface area contributed by atoms with Crippen molar-refractivity contribution < 1.29 is 89.4 Å². The van der Waals surface area contributed by atoms with Gasteiger partial charge in [-0.1, -0.05) is 127 Å². The number of carbonyl (C=O) groups excluding carboxylic acids is 1. The van der Waals surface area contributed by atoms with E-state index in [9.17, 15) is 61.0 Å². The molecule has 3 heterocycles. The van der Waals surface area contributed by atoms with E-state index in [1.54, 1.807) is 6.08 Å². The molecule has 0 aromatic carbocycles. The number of hydrogen-bond donors (Lipinski definition) is 12. The molecule has 0 aromatic rings. The Morgan fingerprint density at radius 1 is 0.486 bits per heavy atom. The van der Waals surface area contributed by atoms with Crippen LogP contribution in [0.3, 0.4) is 0 Å². The standard InChI is InChI=1S/C53H93NO18/c1-3-5-7-9-11-13-15-16-17-18-19-20-21-22-24-26-28-30-37(58)36(54-41(59)31-29-27-25-23-14-12-10-8-6-4-2)35-67-51-47(65)44(62)49(39(33-56)69-51)72-53-48(66)45(63)50(40(34-57)70-53)71-52-46(64)43(61)42(60)38(32-55)68-52/h8,10,17-18,21-22,28,30,36-40,42-53,55-58,60-66H,3-7,9,11-16,19-20,23-27,29,31-35H2,1-2H3,(H,54,59)/b10-8-,18-17+,22-21+,30-28+. The molecule has 418 valence electrons. The fourth-order valence-electron chi connectivity index (χ4n) is 8.81. The summed E-state index contributed by atoms with van der Waals surface area (Å²) in [5, 5.41) is 120. The van der Waals surface area contributed by atoms with Gasteiger partial charge in [-0.05, 0) is 64.2 Å². The van der Waals surface area contributed by atoms with E-state index in [-0.39, 0.29) is 18.9 Å². The third-order valence-electron chi connectivity index (χ3n) is 13.3. The van der Waals surface area contributed by atoms with Crippen LogP contribution in [0.4, 0.5) is 0 Å². The number of unbranched alkanes of at least 4 members (excludes halogenated alkanes) is 15. The van der Waals surface area contributed by atoms with Gasteiger partial charge in [0.05, 0.1) is 38.6 Å². The number of aliphatic hydroxyl groups is 11. The third kappa shape index (κ3) is 22.5. The van der Waals surface area contributed by atoms with Gasteiger partial charge >= 0.3 is 0 Å². The molecule has 17 atom stereocenters. The molecule has 1 amide bonds. The van der Waals surface area contributed by atoms with Crippen molar-refractivity contribution in [3.05, 3.63) is 48.6 Å². The predicted molar refractivity (Wildman–Crippen MR) is 268 cm³/mol. The highest BCUT2D eigenvalue weighted by Gasteiger charge is 2.53. The van der Waals surface area contributed by atoms with Gasteiger partial charge in [0, 0.05) is 6.42 Å². The number of nitrogens with one attached hydrogen (secondary N) is 1. The molecule has 0 aliphatic carbocycles. The summed E-state index contributed by atoms with van der Waals surface area (Å²) >= 11 is 0. The lowest BCUT2D eigenvalue weighted by atomic mass is 9.96. The number of rotatable bonds is 37. The summed E-state index contributed by atoms with van der Waals surface area (Å²) in [7, 11) is 0. The van der Waals surface area contributed by atoms with E-state index in [4.69, 9.17) is 28.4 Å². The number of ether oxygens (including phenoxy) is 6. The summed E-state index contributed by atoms with van der Waals surface area (Å²) in [6.07, 6.45) is 11.2. The van der Waals surface area contributed by atoms with Gasteiger partial charge in [-0.15, -0.1) is 0 Å². The summed E-state index contributed by atoms with van der Waals surface area (Å²) in [6, 6.07) is -0.998. The molecule has 0 radical (unpaired) electrons. The van der Waals surface area contributed by atoms with E-state index in [1.807, 2.05) is 6.08 Å². The lowest BCUT2D eigenvalue weighted by molar-refractivity contribution is -0.379. The van der Waals surface area contributed by atoms with Gasteiger partial charge in [-0.25, -0.2) is 0 Å². The Labute approximate surface area is 427 Å². The van der Waals surface area contributed by atoms with E-state index in [0.29, 0.717) is 12.8 Å². The maximum absolute atomic E-state index is 13.2. The Morgan fingerprint density at radius 3 is 1.44 bits per heavy atom. The van der Waals surface area contributed by atoms with Crippen LogP contribution in [0.15, 0.2) is 48.6 Å². The molecule has 19 heteroatoms. The summed E-state index contributed by atoms with van der Waals surface area (Å²) < 4.78 is 34.1. The Morgan fingerprint density at radius 2 is 0.917 bits per heavy atom. The fraction of sp³-hybridized carbons (Fsp3) is 0.830. The minimum absolute atomic E-state index is 0.219. The molecule has 0 saturated carbocycles. The number of aliphatic hydroxyl groups excluding tert-OH is 11. The zero-order valence-corrected chi connectivity index (χ0v) is 42.9. The molecule has 0 bridgehead atoms. The molecule has 3 saturated heterocycles. The maximum atomic E-state index is 13.2. The van der Waals surface area contributed by atoms with Crippen LogP contribution in [0, 0.1) is 0 Å². The van der Waals surface area contributed by atoms with Crippen molar-refractivity contribution in [1.82, 2.24) is 5.32 Å². The molecule has 17 unspecified atom stereocenters. The van der Waals surface area contributed by atoms with Crippen molar-refractivity contribution in [1.29, 1.82) is 0 Å². The second-order valence-corrected chi connectivity index (χ2v) is 19.3. The highest BCUT2D eigenvalue weighted by Crippen LogP contribution is 2.33. The molecule has 0 aromatic heterocycles. The van der Waals surface area contributed by atoms with Gasteiger partial charge in [-0.2, -0.15) is 0 Å². The Bertz CT molecular complexity index is 1520. The molecule has 72 heavy (non-hydrogen) atoms. The average Bonchev–Trinajstić information content (AvgIpc) is 3.37. The van der Waals surface area contributed by atoms with Crippen molar-refractivity contribution in [3.63, 3.8) is 0 Å². The zero-order chi connectivity index (χ0) is 52.7. The molecular formula is C53H93NO18. The lowest BCUT2D eigenvalue weighted by Gasteiger charge is -2.48. The van der Waals surface area contributed by atoms with Crippen LogP contribution in [0.25, 0.3) is 0 Å². The molecule has 0 spiro atoms. The molecule has 3 aliphatic rings. The molecule has 12 N–H and O–H groups in total.